The lowest BCUT2D eigenvalue weighted by atomic mass is 9.79. The van der Waals surface area contributed by atoms with Gasteiger partial charge in [0.05, 0.1) is 5.56 Å². The Kier molecular flexibility index (Phi) is 4.59. The molecule has 0 N–H and O–H groups in total. The zero-order valence-electron chi connectivity index (χ0n) is 19.1. The molecule has 4 aromatic rings. The number of rotatable bonds is 4. The lowest BCUT2D eigenvalue weighted by molar-refractivity contribution is 0.0244. The lowest BCUT2D eigenvalue weighted by Gasteiger charge is -2.31. The minimum absolute atomic E-state index is 0.336. The molecule has 0 radical (unpaired) electrons. The predicted molar refractivity (Wildman–Crippen MR) is 127 cm³/mol. The maximum Gasteiger partial charge on any atom is 0.341 e. The van der Waals surface area contributed by atoms with Gasteiger partial charge in [0.15, 0.2) is 0 Å². The molecule has 3 heterocycles. The van der Waals surface area contributed by atoms with Crippen LogP contribution in [0.2, 0.25) is 0 Å². The van der Waals surface area contributed by atoms with Crippen molar-refractivity contribution in [3.63, 3.8) is 0 Å². The number of ether oxygens (including phenoxy) is 1. The van der Waals surface area contributed by atoms with Gasteiger partial charge in [0.2, 0.25) is 5.60 Å². The second-order valence-electron chi connectivity index (χ2n) is 8.59. The molecular formula is C27H27N3O2. The number of pyridine rings is 1. The zero-order valence-corrected chi connectivity index (χ0v) is 19.1. The Hall–Kier alpha value is -3.60. The number of aromatic nitrogens is 2. The predicted octanol–water partition coefficient (Wildman–Crippen LogP) is 5.20. The molecule has 1 aliphatic rings. The number of anilines is 1. The Morgan fingerprint density at radius 2 is 1.84 bits per heavy atom. The molecule has 0 bridgehead atoms. The number of benzene rings is 2. The Bertz CT molecular complexity index is 1370. The van der Waals surface area contributed by atoms with E-state index in [-0.39, 0.29) is 5.97 Å². The number of fused-ring (bicyclic) bond motifs is 2. The number of carbonyl (C=O) groups is 1. The van der Waals surface area contributed by atoms with Gasteiger partial charge in [-0.25, -0.2) is 4.79 Å². The van der Waals surface area contributed by atoms with Crippen LogP contribution in [0.15, 0.2) is 60.8 Å². The summed E-state index contributed by atoms with van der Waals surface area (Å²) in [6.07, 6.45) is 1.74. The number of nitrogens with zero attached hydrogens (tertiary/aromatic N) is 3. The number of carbonyl (C=O) groups excluding carboxylic acids is 1. The first-order valence-corrected chi connectivity index (χ1v) is 11.0. The van der Waals surface area contributed by atoms with E-state index in [1.807, 2.05) is 32.3 Å². The normalized spacial score (nSPS) is 17.5. The van der Waals surface area contributed by atoms with Gasteiger partial charge >= 0.3 is 5.97 Å². The number of aryl methyl sites for hydroxylation is 2. The minimum atomic E-state index is -1.10. The molecule has 32 heavy (non-hydrogen) atoms. The molecule has 0 fully saturated rings. The van der Waals surface area contributed by atoms with E-state index >= 15 is 0 Å². The van der Waals surface area contributed by atoms with Crippen LogP contribution in [-0.2, 0) is 16.9 Å². The van der Waals surface area contributed by atoms with Crippen LogP contribution in [-0.4, -0.2) is 29.6 Å². The van der Waals surface area contributed by atoms with Gasteiger partial charge in [-0.3, -0.25) is 4.98 Å². The van der Waals surface area contributed by atoms with E-state index in [2.05, 4.69) is 60.6 Å². The van der Waals surface area contributed by atoms with Gasteiger partial charge in [-0.15, -0.1) is 0 Å². The maximum absolute atomic E-state index is 13.2. The van der Waals surface area contributed by atoms with Crippen LogP contribution in [0.5, 0.6) is 0 Å². The molecule has 5 heteroatoms. The maximum atomic E-state index is 13.2. The van der Waals surface area contributed by atoms with Crippen LogP contribution in [0.25, 0.3) is 10.9 Å². The van der Waals surface area contributed by atoms with E-state index in [0.717, 1.165) is 45.5 Å². The SMILES string of the molecule is CCn1c(C)c(C2(c3ccc(N(C)C)cc3C)OC(=O)c3cccnc32)c2ccccc21. The molecule has 1 atom stereocenters. The number of hydrogen-bond acceptors (Lipinski definition) is 4. The van der Waals surface area contributed by atoms with Gasteiger partial charge in [0.1, 0.15) is 5.69 Å². The van der Waals surface area contributed by atoms with E-state index < -0.39 is 5.60 Å². The van der Waals surface area contributed by atoms with Gasteiger partial charge in [-0.2, -0.15) is 0 Å². The third-order valence-corrected chi connectivity index (χ3v) is 6.61. The second kappa shape index (κ2) is 7.23. The fraction of sp³-hybridized carbons (Fsp3) is 0.259. The highest BCUT2D eigenvalue weighted by molar-refractivity contribution is 5.98. The van der Waals surface area contributed by atoms with Crippen molar-refractivity contribution < 1.29 is 9.53 Å². The van der Waals surface area contributed by atoms with E-state index in [4.69, 9.17) is 9.72 Å². The summed E-state index contributed by atoms with van der Waals surface area (Å²) in [5.41, 5.74) is 6.37. The molecule has 5 rings (SSSR count). The topological polar surface area (TPSA) is 47.4 Å². The average molecular weight is 426 g/mol. The van der Waals surface area contributed by atoms with Crippen LogP contribution in [0.1, 0.15) is 45.4 Å². The van der Waals surface area contributed by atoms with Gasteiger partial charge in [0.25, 0.3) is 0 Å². The quantitative estimate of drug-likeness (QED) is 0.422. The monoisotopic (exact) mass is 425 g/mol. The van der Waals surface area contributed by atoms with Crippen molar-refractivity contribution in [1.82, 2.24) is 9.55 Å². The molecule has 2 aromatic heterocycles. The average Bonchev–Trinajstić information content (AvgIpc) is 3.24. The van der Waals surface area contributed by atoms with Crippen molar-refractivity contribution in [2.24, 2.45) is 0 Å². The van der Waals surface area contributed by atoms with Crippen molar-refractivity contribution in [2.75, 3.05) is 19.0 Å². The van der Waals surface area contributed by atoms with Crippen molar-refractivity contribution in [1.29, 1.82) is 0 Å². The Balaban J connectivity index is 1.94. The minimum Gasteiger partial charge on any atom is -0.439 e. The number of esters is 1. The molecule has 0 amide bonds. The summed E-state index contributed by atoms with van der Waals surface area (Å²) >= 11 is 0. The summed E-state index contributed by atoms with van der Waals surface area (Å²) in [6.45, 7) is 7.15. The molecule has 2 aromatic carbocycles. The molecule has 1 unspecified atom stereocenters. The second-order valence-corrected chi connectivity index (χ2v) is 8.59. The van der Waals surface area contributed by atoms with E-state index in [1.165, 1.54) is 0 Å². The standard InChI is InChI=1S/C27H27N3O2/c1-6-30-18(3)24(20-10-7-8-12-23(20)30)27(22-14-13-19(29(4)5)16-17(22)2)25-21(26(31)32-27)11-9-15-28-25/h7-16H,6H2,1-5H3. The largest absolute Gasteiger partial charge is 0.439 e. The highest BCUT2D eigenvalue weighted by Gasteiger charge is 2.53. The van der Waals surface area contributed by atoms with Crippen LogP contribution in [0.4, 0.5) is 5.69 Å². The molecule has 162 valence electrons. The lowest BCUT2D eigenvalue weighted by Crippen LogP contribution is -2.32. The van der Waals surface area contributed by atoms with Crippen molar-refractivity contribution >= 4 is 22.6 Å². The van der Waals surface area contributed by atoms with Crippen molar-refractivity contribution in [3.05, 3.63) is 94.4 Å². The molecule has 0 aliphatic carbocycles. The van der Waals surface area contributed by atoms with Gasteiger partial charge < -0.3 is 14.2 Å². The van der Waals surface area contributed by atoms with Gasteiger partial charge in [-0.05, 0) is 56.7 Å². The third kappa shape index (κ3) is 2.63. The summed E-state index contributed by atoms with van der Waals surface area (Å²) in [4.78, 5) is 20.0. The van der Waals surface area contributed by atoms with Crippen LogP contribution < -0.4 is 4.90 Å². The van der Waals surface area contributed by atoms with E-state index in [1.54, 1.807) is 12.3 Å². The van der Waals surface area contributed by atoms with Crippen LogP contribution >= 0.6 is 0 Å². The van der Waals surface area contributed by atoms with E-state index in [9.17, 15) is 4.79 Å². The first-order chi connectivity index (χ1) is 15.4. The van der Waals surface area contributed by atoms with Crippen molar-refractivity contribution in [2.45, 2.75) is 32.9 Å². The van der Waals surface area contributed by atoms with Crippen LogP contribution in [0, 0.1) is 13.8 Å². The first kappa shape index (κ1) is 20.3. The summed E-state index contributed by atoms with van der Waals surface area (Å²) in [5.74, 6) is -0.336. The number of hydrogen-bond donors (Lipinski definition) is 0. The van der Waals surface area contributed by atoms with Crippen molar-refractivity contribution in [3.8, 4) is 0 Å². The molecule has 0 saturated carbocycles. The summed E-state index contributed by atoms with van der Waals surface area (Å²) in [6, 6.07) is 18.2. The Morgan fingerprint density at radius 3 is 2.56 bits per heavy atom. The fourth-order valence-corrected chi connectivity index (χ4v) is 5.18. The number of cyclic esters (lactones) is 1. The molecule has 0 saturated heterocycles. The van der Waals surface area contributed by atoms with Gasteiger partial charge in [-0.1, -0.05) is 24.3 Å². The third-order valence-electron chi connectivity index (χ3n) is 6.61. The first-order valence-electron chi connectivity index (χ1n) is 11.0. The molecule has 1 aliphatic heterocycles. The molecule has 0 spiro atoms. The summed E-state index contributed by atoms with van der Waals surface area (Å²) in [7, 11) is 4.05. The van der Waals surface area contributed by atoms with Gasteiger partial charge in [0, 0.05) is 60.2 Å². The van der Waals surface area contributed by atoms with E-state index in [0.29, 0.717) is 11.3 Å². The highest BCUT2D eigenvalue weighted by atomic mass is 16.6. The number of para-hydroxylation sites is 1. The fourth-order valence-electron chi connectivity index (χ4n) is 5.18. The molecule has 5 nitrogen and oxygen atoms in total. The summed E-state index contributed by atoms with van der Waals surface area (Å²) in [5, 5.41) is 1.08. The Morgan fingerprint density at radius 1 is 1.06 bits per heavy atom. The Labute approximate surface area is 188 Å². The molecular weight excluding hydrogens is 398 g/mol. The van der Waals surface area contributed by atoms with Crippen LogP contribution in [0.3, 0.4) is 0 Å². The zero-order chi connectivity index (χ0) is 22.6. The smallest absolute Gasteiger partial charge is 0.341 e. The highest BCUT2D eigenvalue weighted by Crippen LogP contribution is 2.51. The summed E-state index contributed by atoms with van der Waals surface area (Å²) < 4.78 is 8.67.